The number of amides is 2. The van der Waals surface area contributed by atoms with Crippen LogP contribution in [-0.2, 0) is 16.0 Å². The average molecular weight is 378 g/mol. The van der Waals surface area contributed by atoms with Gasteiger partial charge in [0.05, 0.1) is 16.7 Å². The molecule has 2 atom stereocenters. The third kappa shape index (κ3) is 2.11. The van der Waals surface area contributed by atoms with Gasteiger partial charge >= 0.3 is 0 Å². The summed E-state index contributed by atoms with van der Waals surface area (Å²) in [5.41, 5.74) is 3.61. The first kappa shape index (κ1) is 16.7. The number of hydrogen-bond donors (Lipinski definition) is 1. The molecule has 0 radical (unpaired) electrons. The number of anilines is 2. The molecule has 3 aliphatic heterocycles. The molecule has 2 fully saturated rings. The molecule has 8 nitrogen and oxygen atoms in total. The lowest BCUT2D eigenvalue weighted by Gasteiger charge is -2.43. The van der Waals surface area contributed by atoms with Crippen LogP contribution in [-0.4, -0.2) is 29.3 Å². The first-order valence-electron chi connectivity index (χ1n) is 9.27. The summed E-state index contributed by atoms with van der Waals surface area (Å²) >= 11 is 0. The van der Waals surface area contributed by atoms with Crippen LogP contribution in [0, 0.1) is 15.5 Å². The maximum atomic E-state index is 13.5. The number of non-ortho nitro benzene ring substituents is 1. The van der Waals surface area contributed by atoms with E-state index in [9.17, 15) is 19.7 Å². The molecule has 2 aromatic rings. The van der Waals surface area contributed by atoms with Gasteiger partial charge in [-0.3, -0.25) is 25.1 Å². The van der Waals surface area contributed by atoms with Crippen molar-refractivity contribution in [3.63, 3.8) is 0 Å². The minimum absolute atomic E-state index is 0.0303. The van der Waals surface area contributed by atoms with E-state index in [2.05, 4.69) is 10.3 Å². The fourth-order valence-corrected chi connectivity index (χ4v) is 4.85. The van der Waals surface area contributed by atoms with Gasteiger partial charge in [0, 0.05) is 30.8 Å². The van der Waals surface area contributed by atoms with Gasteiger partial charge in [-0.25, -0.2) is 5.01 Å². The van der Waals surface area contributed by atoms with Gasteiger partial charge in [-0.2, -0.15) is 0 Å². The van der Waals surface area contributed by atoms with Crippen molar-refractivity contribution < 1.29 is 14.5 Å². The molecule has 0 unspecified atom stereocenters. The smallest absolute Gasteiger partial charge is 0.269 e. The zero-order chi connectivity index (χ0) is 19.5. The minimum atomic E-state index is -1.27. The molecular formula is C20H18N4O4. The third-order valence-corrected chi connectivity index (χ3v) is 6.09. The van der Waals surface area contributed by atoms with E-state index in [4.69, 9.17) is 0 Å². The van der Waals surface area contributed by atoms with Crippen LogP contribution >= 0.6 is 0 Å². The molecule has 8 heteroatoms. The molecule has 2 aromatic carbocycles. The van der Waals surface area contributed by atoms with Gasteiger partial charge in [0.1, 0.15) is 0 Å². The van der Waals surface area contributed by atoms with E-state index in [0.717, 1.165) is 25.1 Å². The van der Waals surface area contributed by atoms with Crippen molar-refractivity contribution in [1.29, 1.82) is 0 Å². The highest BCUT2D eigenvalue weighted by Crippen LogP contribution is 2.49. The number of carbonyl (C=O) groups excluding carboxylic acids is 2. The summed E-state index contributed by atoms with van der Waals surface area (Å²) in [6.07, 6.45) is 1.77. The maximum Gasteiger partial charge on any atom is 0.269 e. The van der Waals surface area contributed by atoms with Crippen molar-refractivity contribution >= 4 is 28.9 Å². The van der Waals surface area contributed by atoms with Crippen molar-refractivity contribution in [3.05, 3.63) is 64.2 Å². The number of benzene rings is 2. The monoisotopic (exact) mass is 378 g/mol. The Morgan fingerprint density at radius 3 is 2.68 bits per heavy atom. The Balaban J connectivity index is 1.63. The molecule has 5 rings (SSSR count). The van der Waals surface area contributed by atoms with Gasteiger partial charge in [-0.05, 0) is 36.6 Å². The second-order valence-electron chi connectivity index (χ2n) is 7.49. The van der Waals surface area contributed by atoms with Crippen LogP contribution in [0.15, 0.2) is 48.5 Å². The van der Waals surface area contributed by atoms with E-state index >= 15 is 0 Å². The van der Waals surface area contributed by atoms with Crippen LogP contribution < -0.4 is 15.3 Å². The Morgan fingerprint density at radius 1 is 1.14 bits per heavy atom. The predicted molar refractivity (Wildman–Crippen MR) is 102 cm³/mol. The minimum Gasteiger partial charge on any atom is -0.367 e. The van der Waals surface area contributed by atoms with E-state index < -0.39 is 10.3 Å². The highest BCUT2D eigenvalue weighted by atomic mass is 16.6. The molecule has 0 saturated carbocycles. The Hall–Kier alpha value is -3.42. The van der Waals surface area contributed by atoms with Crippen LogP contribution in [0.2, 0.25) is 0 Å². The summed E-state index contributed by atoms with van der Waals surface area (Å²) in [6, 6.07) is 13.5. The number of hydrogen-bond acceptors (Lipinski definition) is 5. The normalized spacial score (nSPS) is 25.6. The fourth-order valence-electron chi connectivity index (χ4n) is 4.85. The lowest BCUT2D eigenvalue weighted by molar-refractivity contribution is -0.384. The summed E-state index contributed by atoms with van der Waals surface area (Å²) in [4.78, 5) is 39.6. The highest BCUT2D eigenvalue weighted by molar-refractivity contribution is 6.19. The molecule has 1 N–H and O–H groups in total. The maximum absolute atomic E-state index is 13.5. The van der Waals surface area contributed by atoms with Gasteiger partial charge in [0.15, 0.2) is 5.41 Å². The SMILES string of the molecule is O=C1NN(c2ccccc2)C(=O)[C@]12Cc1cc([N+](=O)[O-])ccc1N1CCC[C@@H]12. The van der Waals surface area contributed by atoms with Crippen LogP contribution in [0.3, 0.4) is 0 Å². The van der Waals surface area contributed by atoms with Crippen LogP contribution in [0.25, 0.3) is 0 Å². The van der Waals surface area contributed by atoms with E-state index in [1.165, 1.54) is 17.1 Å². The number of rotatable bonds is 2. The van der Waals surface area contributed by atoms with Gasteiger partial charge in [0.25, 0.3) is 17.5 Å². The number of para-hydroxylation sites is 1. The Bertz CT molecular complexity index is 1010. The second-order valence-corrected chi connectivity index (χ2v) is 7.49. The number of nitro benzene ring substituents is 1. The molecule has 28 heavy (non-hydrogen) atoms. The lowest BCUT2D eigenvalue weighted by atomic mass is 9.70. The molecule has 142 valence electrons. The van der Waals surface area contributed by atoms with E-state index in [-0.39, 0.29) is 30.0 Å². The number of hydrazine groups is 1. The van der Waals surface area contributed by atoms with E-state index in [1.807, 2.05) is 6.07 Å². The summed E-state index contributed by atoms with van der Waals surface area (Å²) in [7, 11) is 0. The third-order valence-electron chi connectivity index (χ3n) is 6.09. The van der Waals surface area contributed by atoms with Crippen LogP contribution in [0.1, 0.15) is 18.4 Å². The topological polar surface area (TPSA) is 95.8 Å². The van der Waals surface area contributed by atoms with E-state index in [0.29, 0.717) is 11.3 Å². The van der Waals surface area contributed by atoms with Crippen molar-refractivity contribution in [2.24, 2.45) is 5.41 Å². The summed E-state index contributed by atoms with van der Waals surface area (Å²) in [5.74, 6) is -0.631. The van der Waals surface area contributed by atoms with Crippen molar-refractivity contribution in [1.82, 2.24) is 5.43 Å². The lowest BCUT2D eigenvalue weighted by Crippen LogP contribution is -2.56. The molecule has 1 spiro atoms. The molecule has 2 saturated heterocycles. The second kappa shape index (κ2) is 5.79. The Kier molecular flexibility index (Phi) is 3.46. The molecule has 3 aliphatic rings. The zero-order valence-electron chi connectivity index (χ0n) is 15.0. The van der Waals surface area contributed by atoms with Gasteiger partial charge in [-0.1, -0.05) is 18.2 Å². The predicted octanol–water partition coefficient (Wildman–Crippen LogP) is 2.18. The Morgan fingerprint density at radius 2 is 1.93 bits per heavy atom. The summed E-state index contributed by atoms with van der Waals surface area (Å²) < 4.78 is 0. The average Bonchev–Trinajstić information content (AvgIpc) is 3.29. The largest absolute Gasteiger partial charge is 0.367 e. The molecule has 0 bridgehead atoms. The standard InChI is InChI=1S/C20H18N4O4/c25-18-20(19(26)23(21-18)14-5-2-1-3-6-14)12-13-11-15(24(27)28)8-9-16(13)22-10-4-7-17(20)22/h1-3,5-6,8-9,11,17H,4,7,10,12H2,(H,21,25)/t17-,20+/m1/s1. The van der Waals surface area contributed by atoms with Crippen LogP contribution in [0.5, 0.6) is 0 Å². The molecule has 3 heterocycles. The van der Waals surface area contributed by atoms with Crippen molar-refractivity contribution in [2.75, 3.05) is 16.5 Å². The molecule has 0 aromatic heterocycles. The number of nitrogens with one attached hydrogen (secondary N) is 1. The van der Waals surface area contributed by atoms with Crippen LogP contribution in [0.4, 0.5) is 17.1 Å². The number of nitro groups is 1. The number of carbonyl (C=O) groups is 2. The first-order chi connectivity index (χ1) is 13.5. The van der Waals surface area contributed by atoms with Gasteiger partial charge in [0.2, 0.25) is 0 Å². The number of fused-ring (bicyclic) bond motifs is 4. The fraction of sp³-hybridized carbons (Fsp3) is 0.300. The van der Waals surface area contributed by atoms with Crippen molar-refractivity contribution in [2.45, 2.75) is 25.3 Å². The molecule has 2 amide bonds. The Labute approximate surface area is 160 Å². The summed E-state index contributed by atoms with van der Waals surface area (Å²) in [6.45, 7) is 0.725. The quantitative estimate of drug-likeness (QED) is 0.491. The van der Waals surface area contributed by atoms with E-state index in [1.54, 1.807) is 30.3 Å². The molecular weight excluding hydrogens is 360 g/mol. The summed E-state index contributed by atoms with van der Waals surface area (Å²) in [5, 5.41) is 12.6. The van der Waals surface area contributed by atoms with Gasteiger partial charge in [-0.15, -0.1) is 0 Å². The van der Waals surface area contributed by atoms with Crippen molar-refractivity contribution in [3.8, 4) is 0 Å². The number of nitrogens with zero attached hydrogens (tertiary/aromatic N) is 3. The zero-order valence-corrected chi connectivity index (χ0v) is 15.0. The van der Waals surface area contributed by atoms with Gasteiger partial charge < -0.3 is 4.90 Å². The first-order valence-corrected chi connectivity index (χ1v) is 9.27. The molecule has 0 aliphatic carbocycles. The highest BCUT2D eigenvalue weighted by Gasteiger charge is 2.63.